The molecule has 0 spiro atoms. The summed E-state index contributed by atoms with van der Waals surface area (Å²) in [5.74, 6) is 1.24. The predicted octanol–water partition coefficient (Wildman–Crippen LogP) is 3.09. The third kappa shape index (κ3) is 3.50. The van der Waals surface area contributed by atoms with Crippen LogP contribution in [0.15, 0.2) is 30.3 Å². The van der Waals surface area contributed by atoms with E-state index >= 15 is 0 Å². The molecule has 17 heavy (non-hydrogen) atoms. The van der Waals surface area contributed by atoms with E-state index in [9.17, 15) is 4.79 Å². The van der Waals surface area contributed by atoms with E-state index in [4.69, 9.17) is 0 Å². The minimum Gasteiger partial charge on any atom is -0.349 e. The average molecular weight is 249 g/mol. The summed E-state index contributed by atoms with van der Waals surface area (Å²) in [7, 11) is 0. The lowest BCUT2D eigenvalue weighted by molar-refractivity contribution is 0.0938. The molecule has 1 aliphatic carbocycles. The van der Waals surface area contributed by atoms with Gasteiger partial charge < -0.3 is 5.32 Å². The second-order valence-electron chi connectivity index (χ2n) is 4.43. The Hall–Kier alpha value is -0.960. The Bertz CT molecular complexity index is 366. The zero-order valence-corrected chi connectivity index (χ0v) is 11.0. The highest BCUT2D eigenvalue weighted by molar-refractivity contribution is 7.99. The van der Waals surface area contributed by atoms with Crippen LogP contribution in [0.4, 0.5) is 0 Å². The van der Waals surface area contributed by atoms with Crippen molar-refractivity contribution < 1.29 is 4.79 Å². The maximum atomic E-state index is 11.9. The Morgan fingerprint density at radius 1 is 1.35 bits per heavy atom. The topological polar surface area (TPSA) is 29.1 Å². The molecule has 2 nitrogen and oxygen atoms in total. The van der Waals surface area contributed by atoms with E-state index in [1.807, 2.05) is 42.1 Å². The first-order chi connectivity index (χ1) is 8.29. The van der Waals surface area contributed by atoms with E-state index < -0.39 is 0 Å². The van der Waals surface area contributed by atoms with Crippen molar-refractivity contribution in [2.24, 2.45) is 0 Å². The van der Waals surface area contributed by atoms with Crippen LogP contribution in [0.25, 0.3) is 0 Å². The second-order valence-corrected chi connectivity index (χ2v) is 6.00. The molecule has 0 aliphatic heterocycles. The van der Waals surface area contributed by atoms with E-state index in [1.165, 1.54) is 12.2 Å². The van der Waals surface area contributed by atoms with Crippen molar-refractivity contribution in [2.75, 3.05) is 5.75 Å². The van der Waals surface area contributed by atoms with E-state index in [0.717, 1.165) is 23.7 Å². The molecule has 0 radical (unpaired) electrons. The summed E-state index contributed by atoms with van der Waals surface area (Å²) >= 11 is 2.01. The molecule has 0 aromatic heterocycles. The van der Waals surface area contributed by atoms with Gasteiger partial charge in [0.25, 0.3) is 5.91 Å². The van der Waals surface area contributed by atoms with E-state index in [2.05, 4.69) is 12.2 Å². The minimum atomic E-state index is 0.0674. The van der Waals surface area contributed by atoms with Gasteiger partial charge in [-0.05, 0) is 37.1 Å². The highest BCUT2D eigenvalue weighted by Gasteiger charge is 2.25. The van der Waals surface area contributed by atoms with Crippen LogP contribution in [0, 0.1) is 0 Å². The normalized spacial score (nSPS) is 23.6. The molecule has 1 aromatic carbocycles. The van der Waals surface area contributed by atoms with Crippen molar-refractivity contribution in [3.63, 3.8) is 0 Å². The van der Waals surface area contributed by atoms with Crippen molar-refractivity contribution >= 4 is 17.7 Å². The molecule has 1 saturated carbocycles. The molecule has 2 unspecified atom stereocenters. The number of rotatable bonds is 4. The third-order valence-electron chi connectivity index (χ3n) is 3.16. The highest BCUT2D eigenvalue weighted by Crippen LogP contribution is 2.29. The molecule has 2 atom stereocenters. The van der Waals surface area contributed by atoms with Gasteiger partial charge in [0.15, 0.2) is 0 Å². The molecule has 3 heteroatoms. The van der Waals surface area contributed by atoms with Gasteiger partial charge in [-0.2, -0.15) is 11.8 Å². The fourth-order valence-corrected chi connectivity index (χ4v) is 3.46. The van der Waals surface area contributed by atoms with Crippen LogP contribution in [0.5, 0.6) is 0 Å². The number of hydrogen-bond donors (Lipinski definition) is 1. The minimum absolute atomic E-state index is 0.0674. The number of amides is 1. The Labute approximate surface area is 107 Å². The molecule has 1 amide bonds. The second kappa shape index (κ2) is 6.10. The van der Waals surface area contributed by atoms with Crippen molar-refractivity contribution in [1.29, 1.82) is 0 Å². The molecular formula is C14H19NOS. The molecule has 0 heterocycles. The Balaban J connectivity index is 1.84. The number of nitrogens with one attached hydrogen (secondary N) is 1. The Morgan fingerprint density at radius 3 is 2.82 bits per heavy atom. The quantitative estimate of drug-likeness (QED) is 0.888. The van der Waals surface area contributed by atoms with E-state index in [0.29, 0.717) is 6.04 Å². The Morgan fingerprint density at radius 2 is 2.12 bits per heavy atom. The molecule has 0 saturated heterocycles. The van der Waals surface area contributed by atoms with Crippen molar-refractivity contribution in [1.82, 2.24) is 5.32 Å². The monoisotopic (exact) mass is 249 g/mol. The van der Waals surface area contributed by atoms with Crippen molar-refractivity contribution in [2.45, 2.75) is 37.5 Å². The lowest BCUT2D eigenvalue weighted by Crippen LogP contribution is -2.33. The molecule has 92 valence electrons. The van der Waals surface area contributed by atoms with Crippen LogP contribution in [-0.4, -0.2) is 23.0 Å². The first-order valence-corrected chi connectivity index (χ1v) is 7.32. The molecule has 2 rings (SSSR count). The smallest absolute Gasteiger partial charge is 0.251 e. The number of hydrogen-bond acceptors (Lipinski definition) is 2. The zero-order valence-electron chi connectivity index (χ0n) is 10.2. The van der Waals surface area contributed by atoms with Crippen LogP contribution < -0.4 is 5.32 Å². The first kappa shape index (κ1) is 12.5. The van der Waals surface area contributed by atoms with Crippen LogP contribution in [0.3, 0.4) is 0 Å². The van der Waals surface area contributed by atoms with Crippen molar-refractivity contribution in [3.05, 3.63) is 35.9 Å². The number of thioether (sulfide) groups is 1. The predicted molar refractivity (Wildman–Crippen MR) is 73.5 cm³/mol. The summed E-state index contributed by atoms with van der Waals surface area (Å²) in [4.78, 5) is 11.9. The van der Waals surface area contributed by atoms with Gasteiger partial charge in [-0.3, -0.25) is 4.79 Å². The number of benzene rings is 1. The van der Waals surface area contributed by atoms with Crippen LogP contribution in [-0.2, 0) is 0 Å². The van der Waals surface area contributed by atoms with Crippen LogP contribution in [0.1, 0.15) is 36.5 Å². The van der Waals surface area contributed by atoms with E-state index in [-0.39, 0.29) is 5.91 Å². The average Bonchev–Trinajstić information content (AvgIpc) is 2.78. The molecule has 1 aromatic rings. The largest absolute Gasteiger partial charge is 0.349 e. The molecule has 1 fully saturated rings. The van der Waals surface area contributed by atoms with Gasteiger partial charge in [0.05, 0.1) is 0 Å². The summed E-state index contributed by atoms with van der Waals surface area (Å²) in [6.07, 6.45) is 3.48. The van der Waals surface area contributed by atoms with Gasteiger partial charge in [-0.15, -0.1) is 0 Å². The van der Waals surface area contributed by atoms with Gasteiger partial charge in [0, 0.05) is 16.9 Å². The summed E-state index contributed by atoms with van der Waals surface area (Å²) in [5.41, 5.74) is 0.763. The number of carbonyl (C=O) groups is 1. The standard InChI is InChI=1S/C14H19NOS/c1-2-17-13-9-8-12(10-13)15-14(16)11-6-4-3-5-7-11/h3-7,12-13H,2,8-10H2,1H3,(H,15,16). The van der Waals surface area contributed by atoms with Gasteiger partial charge in [0.1, 0.15) is 0 Å². The maximum absolute atomic E-state index is 11.9. The van der Waals surface area contributed by atoms with Crippen molar-refractivity contribution in [3.8, 4) is 0 Å². The maximum Gasteiger partial charge on any atom is 0.251 e. The van der Waals surface area contributed by atoms with Gasteiger partial charge in [0.2, 0.25) is 0 Å². The highest BCUT2D eigenvalue weighted by atomic mass is 32.2. The number of carbonyl (C=O) groups excluding carboxylic acids is 1. The first-order valence-electron chi connectivity index (χ1n) is 6.27. The summed E-state index contributed by atoms with van der Waals surface area (Å²) in [6.45, 7) is 2.19. The SMILES string of the molecule is CCSC1CCC(NC(=O)c2ccccc2)C1. The lowest BCUT2D eigenvalue weighted by atomic mass is 10.2. The summed E-state index contributed by atoms with van der Waals surface area (Å²) < 4.78 is 0. The van der Waals surface area contributed by atoms with Gasteiger partial charge in [-0.25, -0.2) is 0 Å². The summed E-state index contributed by atoms with van der Waals surface area (Å²) in [6, 6.07) is 9.83. The van der Waals surface area contributed by atoms with E-state index in [1.54, 1.807) is 0 Å². The molecule has 1 N–H and O–H groups in total. The molecular weight excluding hydrogens is 230 g/mol. The fourth-order valence-electron chi connectivity index (χ4n) is 2.32. The lowest BCUT2D eigenvalue weighted by Gasteiger charge is -2.13. The third-order valence-corrected chi connectivity index (χ3v) is 4.39. The fraction of sp³-hybridized carbons (Fsp3) is 0.500. The zero-order chi connectivity index (χ0) is 12.1. The molecule has 1 aliphatic rings. The van der Waals surface area contributed by atoms with Gasteiger partial charge in [-0.1, -0.05) is 25.1 Å². The summed E-state index contributed by atoms with van der Waals surface area (Å²) in [5, 5.41) is 3.87. The Kier molecular flexibility index (Phi) is 4.49. The van der Waals surface area contributed by atoms with Crippen LogP contribution >= 0.6 is 11.8 Å². The van der Waals surface area contributed by atoms with Gasteiger partial charge >= 0.3 is 0 Å². The molecule has 0 bridgehead atoms. The van der Waals surface area contributed by atoms with Crippen LogP contribution in [0.2, 0.25) is 0 Å².